The smallest absolute Gasteiger partial charge is 0.242 e. The number of amides is 2. The number of carbonyl (C=O) groups is 2. The maximum Gasteiger partial charge on any atom is 0.242 e. The van der Waals surface area contributed by atoms with Crippen LogP contribution in [0.3, 0.4) is 0 Å². The summed E-state index contributed by atoms with van der Waals surface area (Å²) in [6.45, 7) is 2.25. The van der Waals surface area contributed by atoms with Gasteiger partial charge in [-0.1, -0.05) is 0 Å². The summed E-state index contributed by atoms with van der Waals surface area (Å²) >= 11 is 0. The van der Waals surface area contributed by atoms with E-state index >= 15 is 0 Å². The first-order chi connectivity index (χ1) is 11.5. The Bertz CT molecular complexity index is 641. The first-order valence-electron chi connectivity index (χ1n) is 8.18. The molecule has 0 bridgehead atoms. The van der Waals surface area contributed by atoms with Gasteiger partial charge in [0.05, 0.1) is 6.54 Å². The van der Waals surface area contributed by atoms with Gasteiger partial charge in [-0.25, -0.2) is 8.78 Å². The second-order valence-electron chi connectivity index (χ2n) is 6.43. The second-order valence-corrected chi connectivity index (χ2v) is 6.43. The topological polar surface area (TPSA) is 43.9 Å². The highest BCUT2D eigenvalue weighted by Crippen LogP contribution is 2.31. The fraction of sp³-hybridized carbons (Fsp3) is 0.529. The van der Waals surface area contributed by atoms with E-state index in [0.29, 0.717) is 31.9 Å². The van der Waals surface area contributed by atoms with Crippen molar-refractivity contribution >= 4 is 17.5 Å². The molecule has 7 heteroatoms. The lowest BCUT2D eigenvalue weighted by molar-refractivity contribution is -0.139. The number of hydrogen-bond donors (Lipinski definition) is 0. The zero-order valence-corrected chi connectivity index (χ0v) is 13.7. The van der Waals surface area contributed by atoms with Crippen molar-refractivity contribution in [3.8, 4) is 0 Å². The maximum absolute atomic E-state index is 13.3. The normalized spacial score (nSPS) is 17.8. The number of likely N-dealkylation sites (N-methyl/N-ethyl adjacent to an activating group) is 1. The van der Waals surface area contributed by atoms with Crippen molar-refractivity contribution in [1.82, 2.24) is 9.80 Å². The third-order valence-corrected chi connectivity index (χ3v) is 4.59. The lowest BCUT2D eigenvalue weighted by Gasteiger charge is -2.35. The first kappa shape index (κ1) is 16.7. The molecule has 24 heavy (non-hydrogen) atoms. The Morgan fingerprint density at radius 3 is 2.29 bits per heavy atom. The summed E-state index contributed by atoms with van der Waals surface area (Å²) < 4.78 is 26.3. The van der Waals surface area contributed by atoms with Crippen LogP contribution in [-0.2, 0) is 9.59 Å². The number of carbonyl (C=O) groups excluding carboxylic acids is 2. The van der Waals surface area contributed by atoms with Gasteiger partial charge in [-0.15, -0.1) is 0 Å². The van der Waals surface area contributed by atoms with Crippen LogP contribution >= 0.6 is 0 Å². The lowest BCUT2D eigenvalue weighted by Crippen LogP contribution is -2.52. The molecular weight excluding hydrogens is 316 g/mol. The fourth-order valence-electron chi connectivity index (χ4n) is 2.88. The van der Waals surface area contributed by atoms with Crippen LogP contribution in [0.1, 0.15) is 12.8 Å². The van der Waals surface area contributed by atoms with E-state index in [1.165, 1.54) is 6.07 Å². The maximum atomic E-state index is 13.3. The molecule has 2 aliphatic rings. The number of anilines is 1. The van der Waals surface area contributed by atoms with Crippen molar-refractivity contribution < 1.29 is 18.4 Å². The molecule has 1 aromatic rings. The molecule has 1 aliphatic carbocycles. The Hall–Kier alpha value is -2.18. The van der Waals surface area contributed by atoms with Crippen LogP contribution in [0.4, 0.5) is 14.5 Å². The van der Waals surface area contributed by atoms with Crippen LogP contribution in [0, 0.1) is 17.6 Å². The van der Waals surface area contributed by atoms with Crippen molar-refractivity contribution in [1.29, 1.82) is 0 Å². The van der Waals surface area contributed by atoms with Gasteiger partial charge in [-0.05, 0) is 25.0 Å². The summed E-state index contributed by atoms with van der Waals surface area (Å²) in [6.07, 6.45) is 1.97. The van der Waals surface area contributed by atoms with E-state index in [4.69, 9.17) is 0 Å². The van der Waals surface area contributed by atoms with E-state index in [1.807, 2.05) is 4.90 Å². The predicted octanol–water partition coefficient (Wildman–Crippen LogP) is 1.48. The standard InChI is InChI=1S/C17H21F2N3O2/c1-20(13-4-5-14(18)15(19)10-13)11-16(23)21-6-8-22(9-7-21)17(24)12-2-3-12/h4-5,10,12H,2-3,6-9,11H2,1H3. The highest BCUT2D eigenvalue weighted by atomic mass is 19.2. The Morgan fingerprint density at radius 1 is 1.08 bits per heavy atom. The van der Waals surface area contributed by atoms with Crippen LogP contribution in [0.15, 0.2) is 18.2 Å². The molecule has 0 spiro atoms. The second kappa shape index (κ2) is 6.75. The van der Waals surface area contributed by atoms with Gasteiger partial charge in [-0.2, -0.15) is 0 Å². The molecule has 130 valence electrons. The molecule has 3 rings (SSSR count). The van der Waals surface area contributed by atoms with Gasteiger partial charge in [0, 0.05) is 50.9 Å². The van der Waals surface area contributed by atoms with E-state index in [0.717, 1.165) is 25.0 Å². The number of rotatable bonds is 4. The van der Waals surface area contributed by atoms with Gasteiger partial charge in [0.25, 0.3) is 0 Å². The van der Waals surface area contributed by atoms with Crippen molar-refractivity contribution in [2.45, 2.75) is 12.8 Å². The number of halogens is 2. The molecule has 2 amide bonds. The molecule has 1 aliphatic heterocycles. The zero-order chi connectivity index (χ0) is 17.3. The highest BCUT2D eigenvalue weighted by Gasteiger charge is 2.35. The average Bonchev–Trinajstić information content (AvgIpc) is 3.41. The van der Waals surface area contributed by atoms with Gasteiger partial charge in [0.15, 0.2) is 11.6 Å². The summed E-state index contributed by atoms with van der Waals surface area (Å²) in [5.74, 6) is -1.51. The van der Waals surface area contributed by atoms with Gasteiger partial charge in [-0.3, -0.25) is 9.59 Å². The van der Waals surface area contributed by atoms with Crippen molar-refractivity contribution in [3.63, 3.8) is 0 Å². The SMILES string of the molecule is CN(CC(=O)N1CCN(C(=O)C2CC2)CC1)c1ccc(F)c(F)c1. The Balaban J connectivity index is 1.51. The molecule has 0 radical (unpaired) electrons. The number of benzene rings is 1. The number of hydrogen-bond acceptors (Lipinski definition) is 3. The molecule has 1 aromatic carbocycles. The van der Waals surface area contributed by atoms with Crippen LogP contribution < -0.4 is 4.90 Å². The summed E-state index contributed by atoms with van der Waals surface area (Å²) in [4.78, 5) is 29.5. The summed E-state index contributed by atoms with van der Waals surface area (Å²) in [6, 6.07) is 3.57. The number of nitrogens with zero attached hydrogens (tertiary/aromatic N) is 3. The quantitative estimate of drug-likeness (QED) is 0.836. The Morgan fingerprint density at radius 2 is 1.71 bits per heavy atom. The van der Waals surface area contributed by atoms with Crippen LogP contribution in [0.5, 0.6) is 0 Å². The van der Waals surface area contributed by atoms with E-state index in [-0.39, 0.29) is 24.3 Å². The highest BCUT2D eigenvalue weighted by molar-refractivity contribution is 5.83. The average molecular weight is 337 g/mol. The van der Waals surface area contributed by atoms with Gasteiger partial charge < -0.3 is 14.7 Å². The Kier molecular flexibility index (Phi) is 4.69. The molecule has 0 aromatic heterocycles. The molecule has 0 atom stereocenters. The van der Waals surface area contributed by atoms with Gasteiger partial charge >= 0.3 is 0 Å². The van der Waals surface area contributed by atoms with E-state index in [9.17, 15) is 18.4 Å². The summed E-state index contributed by atoms with van der Waals surface area (Å²) in [5.41, 5.74) is 0.449. The van der Waals surface area contributed by atoms with Crippen LogP contribution in [0.25, 0.3) is 0 Å². The lowest BCUT2D eigenvalue weighted by atomic mass is 10.2. The van der Waals surface area contributed by atoms with Gasteiger partial charge in [0.2, 0.25) is 11.8 Å². The van der Waals surface area contributed by atoms with Gasteiger partial charge in [0.1, 0.15) is 0 Å². The monoisotopic (exact) mass is 337 g/mol. The van der Waals surface area contributed by atoms with E-state index in [1.54, 1.807) is 16.8 Å². The van der Waals surface area contributed by atoms with Crippen molar-refractivity contribution in [2.24, 2.45) is 5.92 Å². The first-order valence-corrected chi connectivity index (χ1v) is 8.18. The molecule has 1 heterocycles. The largest absolute Gasteiger partial charge is 0.365 e. The molecule has 1 saturated heterocycles. The van der Waals surface area contributed by atoms with Crippen LogP contribution in [0.2, 0.25) is 0 Å². The molecule has 5 nitrogen and oxygen atoms in total. The third-order valence-electron chi connectivity index (χ3n) is 4.59. The fourth-order valence-corrected chi connectivity index (χ4v) is 2.88. The Labute approximate surface area is 139 Å². The molecule has 0 unspecified atom stereocenters. The van der Waals surface area contributed by atoms with Crippen LogP contribution in [-0.4, -0.2) is 61.4 Å². The van der Waals surface area contributed by atoms with E-state index < -0.39 is 11.6 Å². The van der Waals surface area contributed by atoms with Crippen molar-refractivity contribution in [2.75, 3.05) is 44.7 Å². The zero-order valence-electron chi connectivity index (χ0n) is 13.7. The third kappa shape index (κ3) is 3.66. The molecule has 1 saturated carbocycles. The minimum Gasteiger partial charge on any atom is -0.365 e. The van der Waals surface area contributed by atoms with Crippen molar-refractivity contribution in [3.05, 3.63) is 29.8 Å². The summed E-state index contributed by atoms with van der Waals surface area (Å²) in [7, 11) is 1.66. The minimum absolute atomic E-state index is 0.0826. The molecule has 0 N–H and O–H groups in total. The van der Waals surface area contributed by atoms with E-state index in [2.05, 4.69) is 0 Å². The molecule has 2 fully saturated rings. The number of piperazine rings is 1. The molecular formula is C17H21F2N3O2. The summed E-state index contributed by atoms with van der Waals surface area (Å²) in [5, 5.41) is 0. The predicted molar refractivity (Wildman–Crippen MR) is 85.5 cm³/mol. The minimum atomic E-state index is -0.931.